The van der Waals surface area contributed by atoms with Gasteiger partial charge >= 0.3 is 0 Å². The number of thioether (sulfide) groups is 1. The van der Waals surface area contributed by atoms with E-state index in [-0.39, 0.29) is 17.5 Å². The van der Waals surface area contributed by atoms with E-state index >= 15 is 0 Å². The molecule has 4 aromatic rings. The van der Waals surface area contributed by atoms with E-state index in [1.807, 2.05) is 25.1 Å². The van der Waals surface area contributed by atoms with Crippen LogP contribution in [0.5, 0.6) is 5.75 Å². The van der Waals surface area contributed by atoms with Gasteiger partial charge in [-0.3, -0.25) is 9.36 Å². The Kier molecular flexibility index (Phi) is 5.79. The summed E-state index contributed by atoms with van der Waals surface area (Å²) in [7, 11) is 1.59. The number of nitrogens with two attached hydrogens (primary N) is 2. The summed E-state index contributed by atoms with van der Waals surface area (Å²) in [5.41, 5.74) is 12.9. The molecule has 0 radical (unpaired) electrons. The number of hydrogen-bond acceptors (Lipinski definition) is 10. The van der Waals surface area contributed by atoms with Crippen molar-refractivity contribution in [1.29, 1.82) is 0 Å². The van der Waals surface area contributed by atoms with Crippen LogP contribution in [0, 0.1) is 6.92 Å². The molecule has 0 spiro atoms. The Hall–Kier alpha value is -3.18. The van der Waals surface area contributed by atoms with Crippen molar-refractivity contribution in [3.8, 4) is 11.4 Å². The van der Waals surface area contributed by atoms with E-state index in [0.29, 0.717) is 33.6 Å². The van der Waals surface area contributed by atoms with Crippen LogP contribution in [0.3, 0.4) is 0 Å². The number of fused-ring (bicyclic) bond motifs is 1. The number of methoxy groups -OCH3 is 1. The fourth-order valence-corrected chi connectivity index (χ4v) is 5.30. The average molecular weight is 456 g/mol. The van der Waals surface area contributed by atoms with Crippen LogP contribution < -0.4 is 21.8 Å². The van der Waals surface area contributed by atoms with Crippen LogP contribution in [0.2, 0.25) is 0 Å². The third-order valence-electron chi connectivity index (χ3n) is 4.71. The van der Waals surface area contributed by atoms with Crippen molar-refractivity contribution >= 4 is 45.2 Å². The molecule has 0 saturated heterocycles. The van der Waals surface area contributed by atoms with Gasteiger partial charge in [-0.05, 0) is 31.0 Å². The zero-order valence-corrected chi connectivity index (χ0v) is 18.9. The number of nitrogens with zero attached hydrogens (tertiary/aromatic N) is 5. The molecule has 0 saturated carbocycles. The number of benzene rings is 1. The summed E-state index contributed by atoms with van der Waals surface area (Å²) < 4.78 is 6.95. The second kappa shape index (κ2) is 8.52. The van der Waals surface area contributed by atoms with Crippen molar-refractivity contribution in [2.75, 3.05) is 18.6 Å². The largest absolute Gasteiger partial charge is 0.497 e. The minimum Gasteiger partial charge on any atom is -0.497 e. The SMILES string of the molecule is CCc1sc2nc(SCc3nc(N)nc(N)n3)n(-c3cccc(OC)c3)c(=O)c2c1C. The predicted octanol–water partition coefficient (Wildman–Crippen LogP) is 2.97. The van der Waals surface area contributed by atoms with E-state index in [1.54, 1.807) is 29.1 Å². The molecule has 1 aromatic carbocycles. The zero-order chi connectivity index (χ0) is 22.1. The first kappa shape index (κ1) is 21.1. The summed E-state index contributed by atoms with van der Waals surface area (Å²) in [6, 6.07) is 7.32. The van der Waals surface area contributed by atoms with Crippen molar-refractivity contribution in [1.82, 2.24) is 24.5 Å². The van der Waals surface area contributed by atoms with Gasteiger partial charge in [-0.25, -0.2) is 4.98 Å². The zero-order valence-electron chi connectivity index (χ0n) is 17.2. The molecular formula is C20H21N7O2S2. The number of nitrogen functional groups attached to an aromatic ring is 2. The third kappa shape index (κ3) is 4.06. The van der Waals surface area contributed by atoms with Crippen LogP contribution in [-0.4, -0.2) is 31.6 Å². The monoisotopic (exact) mass is 455 g/mol. The van der Waals surface area contributed by atoms with Crippen LogP contribution in [0.1, 0.15) is 23.2 Å². The third-order valence-corrected chi connectivity index (χ3v) is 6.98. The molecule has 31 heavy (non-hydrogen) atoms. The van der Waals surface area contributed by atoms with Crippen LogP contribution in [-0.2, 0) is 12.2 Å². The first-order valence-electron chi connectivity index (χ1n) is 9.49. The van der Waals surface area contributed by atoms with E-state index < -0.39 is 0 Å². The molecule has 3 heterocycles. The molecule has 0 aliphatic carbocycles. The number of ether oxygens (including phenoxy) is 1. The second-order valence-corrected chi connectivity index (χ2v) is 8.70. The first-order valence-corrected chi connectivity index (χ1v) is 11.3. The van der Waals surface area contributed by atoms with Crippen LogP contribution in [0.4, 0.5) is 11.9 Å². The molecule has 4 N–H and O–H groups in total. The van der Waals surface area contributed by atoms with Gasteiger partial charge < -0.3 is 16.2 Å². The van der Waals surface area contributed by atoms with Crippen LogP contribution >= 0.6 is 23.1 Å². The summed E-state index contributed by atoms with van der Waals surface area (Å²) in [6.45, 7) is 4.05. The number of aromatic nitrogens is 5. The maximum atomic E-state index is 13.6. The van der Waals surface area contributed by atoms with Gasteiger partial charge in [-0.1, -0.05) is 24.8 Å². The molecule has 0 fully saturated rings. The fourth-order valence-electron chi connectivity index (χ4n) is 3.27. The van der Waals surface area contributed by atoms with Gasteiger partial charge in [0.25, 0.3) is 5.56 Å². The Morgan fingerprint density at radius 1 is 1.16 bits per heavy atom. The summed E-state index contributed by atoms with van der Waals surface area (Å²) in [4.78, 5) is 32.3. The highest BCUT2D eigenvalue weighted by atomic mass is 32.2. The minimum absolute atomic E-state index is 0.0539. The van der Waals surface area contributed by atoms with Gasteiger partial charge in [0.2, 0.25) is 11.9 Å². The van der Waals surface area contributed by atoms with E-state index in [4.69, 9.17) is 21.2 Å². The van der Waals surface area contributed by atoms with Crippen molar-refractivity contribution in [2.24, 2.45) is 0 Å². The van der Waals surface area contributed by atoms with Gasteiger partial charge in [-0.15, -0.1) is 11.3 Å². The summed E-state index contributed by atoms with van der Waals surface area (Å²) >= 11 is 2.88. The molecule has 0 unspecified atom stereocenters. The highest BCUT2D eigenvalue weighted by molar-refractivity contribution is 7.98. The molecule has 0 atom stereocenters. The Balaban J connectivity index is 1.88. The Labute approximate surface area is 186 Å². The molecule has 0 amide bonds. The highest BCUT2D eigenvalue weighted by Gasteiger charge is 2.19. The molecular weight excluding hydrogens is 434 g/mol. The van der Waals surface area contributed by atoms with Gasteiger partial charge in [0.05, 0.1) is 23.9 Å². The fraction of sp³-hybridized carbons (Fsp3) is 0.250. The quantitative estimate of drug-likeness (QED) is 0.332. The molecule has 9 nitrogen and oxygen atoms in total. The van der Waals surface area contributed by atoms with Gasteiger partial charge in [-0.2, -0.15) is 15.0 Å². The molecule has 4 rings (SSSR count). The molecule has 3 aromatic heterocycles. The summed E-state index contributed by atoms with van der Waals surface area (Å²) in [5, 5.41) is 1.16. The van der Waals surface area contributed by atoms with Crippen molar-refractivity contribution in [3.05, 3.63) is 50.9 Å². The lowest BCUT2D eigenvalue weighted by molar-refractivity contribution is 0.414. The maximum Gasteiger partial charge on any atom is 0.267 e. The Morgan fingerprint density at radius 2 is 1.90 bits per heavy atom. The molecule has 0 aliphatic rings. The van der Waals surface area contributed by atoms with Gasteiger partial charge in [0.1, 0.15) is 16.4 Å². The molecule has 0 bridgehead atoms. The van der Waals surface area contributed by atoms with Crippen LogP contribution in [0.25, 0.3) is 15.9 Å². The van der Waals surface area contributed by atoms with Crippen molar-refractivity contribution in [3.63, 3.8) is 0 Å². The highest BCUT2D eigenvalue weighted by Crippen LogP contribution is 2.31. The topological polar surface area (TPSA) is 135 Å². The van der Waals surface area contributed by atoms with Gasteiger partial charge in [0, 0.05) is 10.9 Å². The van der Waals surface area contributed by atoms with Crippen molar-refractivity contribution in [2.45, 2.75) is 31.2 Å². The number of aryl methyl sites for hydroxylation is 2. The number of hydrogen-bond donors (Lipinski definition) is 2. The minimum atomic E-state index is -0.121. The van der Waals surface area contributed by atoms with Crippen molar-refractivity contribution < 1.29 is 4.74 Å². The van der Waals surface area contributed by atoms with Crippen LogP contribution in [0.15, 0.2) is 34.2 Å². The maximum absolute atomic E-state index is 13.6. The first-order chi connectivity index (χ1) is 14.9. The number of thiophene rings is 1. The smallest absolute Gasteiger partial charge is 0.267 e. The Morgan fingerprint density at radius 3 is 2.58 bits per heavy atom. The van der Waals surface area contributed by atoms with Gasteiger partial charge in [0.15, 0.2) is 5.16 Å². The molecule has 160 valence electrons. The van der Waals surface area contributed by atoms with E-state index in [0.717, 1.165) is 21.7 Å². The molecule has 11 heteroatoms. The summed E-state index contributed by atoms with van der Waals surface area (Å²) in [5.74, 6) is 1.49. The lowest BCUT2D eigenvalue weighted by atomic mass is 10.2. The number of rotatable bonds is 6. The summed E-state index contributed by atoms with van der Waals surface area (Å²) in [6.07, 6.45) is 0.845. The predicted molar refractivity (Wildman–Crippen MR) is 124 cm³/mol. The van der Waals surface area contributed by atoms with E-state index in [2.05, 4.69) is 21.9 Å². The van der Waals surface area contributed by atoms with E-state index in [9.17, 15) is 4.79 Å². The van der Waals surface area contributed by atoms with E-state index in [1.165, 1.54) is 11.8 Å². The molecule has 0 aliphatic heterocycles. The normalized spacial score (nSPS) is 11.2. The lowest BCUT2D eigenvalue weighted by Crippen LogP contribution is -2.21. The average Bonchev–Trinajstić information content (AvgIpc) is 3.07. The number of anilines is 2. The lowest BCUT2D eigenvalue weighted by Gasteiger charge is -2.13. The Bertz CT molecular complexity index is 1310. The second-order valence-electron chi connectivity index (χ2n) is 6.68. The standard InChI is InChI=1S/C20H21N7O2S2/c1-4-13-10(2)15-16(31-13)25-20(30-9-14-23-18(21)26-19(22)24-14)27(17(15)28)11-6-5-7-12(8-11)29-3/h5-8H,4,9H2,1-3H3,(H4,21,22,23,24,26).